The second-order valence-corrected chi connectivity index (χ2v) is 4.16. The van der Waals surface area contributed by atoms with Gasteiger partial charge in [0, 0.05) is 17.6 Å². The second-order valence-electron chi connectivity index (χ2n) is 3.03. The van der Waals surface area contributed by atoms with Gasteiger partial charge in [0.05, 0.1) is 19.8 Å². The summed E-state index contributed by atoms with van der Waals surface area (Å²) in [4.78, 5) is 0. The molecule has 0 bridgehead atoms. The molecule has 98 valence electrons. The first-order chi connectivity index (χ1) is 7.85. The second kappa shape index (κ2) is 13.8. The molecule has 0 rings (SSSR count). The Morgan fingerprint density at radius 2 is 0.938 bits per heavy atom. The Kier molecular flexibility index (Phi) is 14.5. The van der Waals surface area contributed by atoms with Gasteiger partial charge in [-0.25, -0.2) is 0 Å². The molecule has 0 N–H and O–H groups in total. The van der Waals surface area contributed by atoms with E-state index in [1.54, 1.807) is 0 Å². The maximum absolute atomic E-state index is 5.54. The quantitative estimate of drug-likeness (QED) is 0.314. The number of hydrogen-bond acceptors (Lipinski definition) is 3. The lowest BCUT2D eigenvalue weighted by Gasteiger charge is -2.18. The minimum Gasteiger partial charge on any atom is -0.330 e. The fraction of sp³-hybridized carbons (Fsp3) is 1.00. The lowest BCUT2D eigenvalue weighted by Crippen LogP contribution is -2.23. The van der Waals surface area contributed by atoms with Gasteiger partial charge in [-0.1, -0.05) is 0 Å². The van der Waals surface area contributed by atoms with Crippen LogP contribution in [0.2, 0.25) is 0 Å². The Morgan fingerprint density at radius 1 is 0.625 bits per heavy atom. The van der Waals surface area contributed by atoms with Crippen LogP contribution in [0.5, 0.6) is 0 Å². The Bertz CT molecular complexity index is 115. The molecule has 0 heterocycles. The van der Waals surface area contributed by atoms with E-state index in [4.69, 9.17) is 49.0 Å². The van der Waals surface area contributed by atoms with Crippen molar-refractivity contribution in [3.63, 3.8) is 0 Å². The normalized spacial score (nSPS) is 11.2. The fourth-order valence-electron chi connectivity index (χ4n) is 0.847. The third-order valence-electron chi connectivity index (χ3n) is 1.60. The van der Waals surface area contributed by atoms with Gasteiger partial charge in [-0.2, -0.15) is 0 Å². The topological polar surface area (TPSA) is 27.7 Å². The van der Waals surface area contributed by atoms with Crippen LogP contribution >= 0.6 is 34.8 Å². The summed E-state index contributed by atoms with van der Waals surface area (Å²) in [6.45, 7) is 0.941. The van der Waals surface area contributed by atoms with E-state index in [9.17, 15) is 0 Å². The lowest BCUT2D eigenvalue weighted by molar-refractivity contribution is -0.287. The average Bonchev–Trinajstić information content (AvgIpc) is 2.29. The summed E-state index contributed by atoms with van der Waals surface area (Å²) in [5, 5.41) is 0. The zero-order valence-electron chi connectivity index (χ0n) is 9.30. The van der Waals surface area contributed by atoms with Crippen molar-refractivity contribution in [2.75, 3.05) is 37.5 Å². The highest BCUT2D eigenvalue weighted by atomic mass is 35.5. The van der Waals surface area contributed by atoms with Gasteiger partial charge in [0.2, 0.25) is 0 Å². The minimum absolute atomic E-state index is 0.524. The predicted octanol–water partition coefficient (Wildman–Crippen LogP) is 3.21. The number of rotatable bonds is 12. The number of halogens is 3. The van der Waals surface area contributed by atoms with Crippen molar-refractivity contribution in [1.82, 2.24) is 0 Å². The highest BCUT2D eigenvalue weighted by Crippen LogP contribution is 2.02. The molecule has 6 heteroatoms. The van der Waals surface area contributed by atoms with Gasteiger partial charge in [-0.05, 0) is 19.3 Å². The molecule has 0 spiro atoms. The molecule has 16 heavy (non-hydrogen) atoms. The van der Waals surface area contributed by atoms with E-state index in [2.05, 4.69) is 0 Å². The van der Waals surface area contributed by atoms with Crippen molar-refractivity contribution in [2.24, 2.45) is 0 Å². The summed E-state index contributed by atoms with van der Waals surface area (Å²) >= 11 is 16.6. The fourth-order valence-corrected chi connectivity index (χ4v) is 1.17. The Balaban J connectivity index is 3.58. The van der Waals surface area contributed by atoms with Crippen LogP contribution < -0.4 is 0 Å². The summed E-state index contributed by atoms with van der Waals surface area (Å²) in [5.41, 5.74) is 0. The van der Waals surface area contributed by atoms with E-state index in [0.29, 0.717) is 37.5 Å². The molecule has 0 unspecified atom stereocenters. The standard InChI is InChI=1S/C10H19Cl3O3/c11-4-1-7-14-10(15-8-2-5-12)16-9-3-6-13/h10H,1-9H2. The monoisotopic (exact) mass is 292 g/mol. The van der Waals surface area contributed by atoms with Gasteiger partial charge in [0.25, 0.3) is 6.48 Å². The molecule has 0 saturated heterocycles. The zero-order valence-corrected chi connectivity index (χ0v) is 11.6. The van der Waals surface area contributed by atoms with Crippen molar-refractivity contribution in [3.8, 4) is 0 Å². The van der Waals surface area contributed by atoms with Crippen LogP contribution in [0.25, 0.3) is 0 Å². The molecule has 3 nitrogen and oxygen atoms in total. The summed E-state index contributed by atoms with van der Waals surface area (Å²) in [6.07, 6.45) is 2.32. The molecule has 0 fully saturated rings. The van der Waals surface area contributed by atoms with Gasteiger partial charge in [0.1, 0.15) is 0 Å². The molecular formula is C10H19Cl3O3. The van der Waals surface area contributed by atoms with Gasteiger partial charge >= 0.3 is 0 Å². The van der Waals surface area contributed by atoms with E-state index in [0.717, 1.165) is 19.3 Å². The maximum Gasteiger partial charge on any atom is 0.271 e. The first-order valence-electron chi connectivity index (χ1n) is 5.37. The van der Waals surface area contributed by atoms with Crippen LogP contribution in [-0.4, -0.2) is 43.9 Å². The molecule has 0 saturated carbocycles. The molecule has 0 aromatic carbocycles. The highest BCUT2D eigenvalue weighted by Gasteiger charge is 2.09. The van der Waals surface area contributed by atoms with E-state index < -0.39 is 6.48 Å². The van der Waals surface area contributed by atoms with Crippen molar-refractivity contribution in [2.45, 2.75) is 25.7 Å². The van der Waals surface area contributed by atoms with E-state index in [1.165, 1.54) is 0 Å². The first kappa shape index (κ1) is 16.8. The highest BCUT2D eigenvalue weighted by molar-refractivity contribution is 6.18. The van der Waals surface area contributed by atoms with Gasteiger partial charge < -0.3 is 14.2 Å². The van der Waals surface area contributed by atoms with Crippen LogP contribution in [0.4, 0.5) is 0 Å². The largest absolute Gasteiger partial charge is 0.330 e. The van der Waals surface area contributed by atoms with Gasteiger partial charge in [0.15, 0.2) is 0 Å². The lowest BCUT2D eigenvalue weighted by atomic mass is 10.5. The maximum atomic E-state index is 5.54. The number of ether oxygens (including phenoxy) is 3. The predicted molar refractivity (Wildman–Crippen MR) is 67.7 cm³/mol. The van der Waals surface area contributed by atoms with Crippen molar-refractivity contribution >= 4 is 34.8 Å². The molecular weight excluding hydrogens is 274 g/mol. The minimum atomic E-state index is -0.630. The smallest absolute Gasteiger partial charge is 0.271 e. The molecule has 0 atom stereocenters. The molecule has 0 radical (unpaired) electrons. The first-order valence-corrected chi connectivity index (χ1v) is 6.98. The molecule has 0 aliphatic heterocycles. The molecule has 0 aromatic rings. The number of hydrogen-bond donors (Lipinski definition) is 0. The van der Waals surface area contributed by atoms with Crippen LogP contribution in [0, 0.1) is 0 Å². The third-order valence-corrected chi connectivity index (χ3v) is 2.40. The Labute approximate surface area is 112 Å². The van der Waals surface area contributed by atoms with Crippen LogP contribution in [0.15, 0.2) is 0 Å². The number of alkyl halides is 3. The summed E-state index contributed by atoms with van der Waals surface area (Å²) in [5.74, 6) is 1.70. The van der Waals surface area contributed by atoms with Crippen LogP contribution in [-0.2, 0) is 14.2 Å². The van der Waals surface area contributed by atoms with Crippen molar-refractivity contribution in [1.29, 1.82) is 0 Å². The molecule has 0 aliphatic rings. The molecule has 0 aliphatic carbocycles. The zero-order chi connectivity index (χ0) is 12.1. The Hall–Kier alpha value is 0.750. The summed E-state index contributed by atoms with van der Waals surface area (Å²) in [7, 11) is 0. The van der Waals surface area contributed by atoms with E-state index >= 15 is 0 Å². The van der Waals surface area contributed by atoms with Gasteiger partial charge in [-0.3, -0.25) is 0 Å². The Morgan fingerprint density at radius 3 is 1.19 bits per heavy atom. The third kappa shape index (κ3) is 11.2. The van der Waals surface area contributed by atoms with Crippen LogP contribution in [0.1, 0.15) is 19.3 Å². The van der Waals surface area contributed by atoms with Crippen LogP contribution in [0.3, 0.4) is 0 Å². The summed E-state index contributed by atoms with van der Waals surface area (Å²) in [6, 6.07) is 0. The average molecular weight is 294 g/mol. The van der Waals surface area contributed by atoms with Crippen molar-refractivity contribution in [3.05, 3.63) is 0 Å². The molecule has 0 amide bonds. The van der Waals surface area contributed by atoms with E-state index in [-0.39, 0.29) is 0 Å². The molecule has 0 aromatic heterocycles. The van der Waals surface area contributed by atoms with E-state index in [1.807, 2.05) is 0 Å². The van der Waals surface area contributed by atoms with Gasteiger partial charge in [-0.15, -0.1) is 34.8 Å². The SMILES string of the molecule is ClCCCOC(OCCCCl)OCCCCl. The summed E-state index contributed by atoms with van der Waals surface area (Å²) < 4.78 is 16.1. The van der Waals surface area contributed by atoms with Crippen molar-refractivity contribution < 1.29 is 14.2 Å².